The summed E-state index contributed by atoms with van der Waals surface area (Å²) in [4.78, 5) is 4.29. The first-order valence-electron chi connectivity index (χ1n) is 6.51. The number of nitrogens with zero attached hydrogens (tertiary/aromatic N) is 1. The van der Waals surface area contributed by atoms with E-state index in [-0.39, 0.29) is 0 Å². The van der Waals surface area contributed by atoms with Gasteiger partial charge in [0.1, 0.15) is 0 Å². The van der Waals surface area contributed by atoms with Gasteiger partial charge in [0.2, 0.25) is 0 Å². The van der Waals surface area contributed by atoms with Crippen LogP contribution in [0.1, 0.15) is 12.3 Å². The van der Waals surface area contributed by atoms with E-state index in [1.165, 1.54) is 10.8 Å². The van der Waals surface area contributed by atoms with Gasteiger partial charge < -0.3 is 10.2 Å². The number of aromatic nitrogens is 1. The number of rotatable bonds is 4. The average Bonchev–Trinajstić information content (AvgIpc) is 2.93. The minimum Gasteiger partial charge on any atom is -0.441 e. The highest BCUT2D eigenvalue weighted by molar-refractivity contribution is 5.86. The summed E-state index contributed by atoms with van der Waals surface area (Å²) in [5, 5.41) is 2.44. The van der Waals surface area contributed by atoms with Gasteiger partial charge in [-0.1, -0.05) is 36.4 Å². The van der Waals surface area contributed by atoms with E-state index < -0.39 is 0 Å². The molecule has 1 heterocycles. The van der Waals surface area contributed by atoms with E-state index in [1.807, 2.05) is 12.1 Å². The zero-order valence-corrected chi connectivity index (χ0v) is 10.7. The molecular formula is C16H16N2O. The zero-order chi connectivity index (χ0) is 13.1. The third kappa shape index (κ3) is 2.51. The molecule has 3 nitrogen and oxygen atoms in total. The first kappa shape index (κ1) is 11.9. The molecule has 0 aliphatic rings. The maximum Gasteiger partial charge on any atom is 0.194 e. The SMILES string of the molecule is NCCCc1ncc(-c2ccc3ccccc3c2)o1. The molecule has 3 heteroatoms. The van der Waals surface area contributed by atoms with Crippen LogP contribution in [0.15, 0.2) is 53.1 Å². The second-order valence-corrected chi connectivity index (χ2v) is 4.57. The zero-order valence-electron chi connectivity index (χ0n) is 10.7. The number of aryl methyl sites for hydroxylation is 1. The lowest BCUT2D eigenvalue weighted by molar-refractivity contribution is 0.499. The Labute approximate surface area is 112 Å². The fraction of sp³-hybridized carbons (Fsp3) is 0.188. The van der Waals surface area contributed by atoms with Gasteiger partial charge in [0.15, 0.2) is 11.7 Å². The van der Waals surface area contributed by atoms with E-state index in [0.717, 1.165) is 30.1 Å². The summed E-state index contributed by atoms with van der Waals surface area (Å²) in [7, 11) is 0. The molecular weight excluding hydrogens is 236 g/mol. The molecule has 0 bridgehead atoms. The maximum atomic E-state index is 5.75. The summed E-state index contributed by atoms with van der Waals surface area (Å²) in [5.74, 6) is 1.58. The van der Waals surface area contributed by atoms with Gasteiger partial charge in [-0.3, -0.25) is 0 Å². The Morgan fingerprint density at radius 1 is 1.05 bits per heavy atom. The first-order valence-corrected chi connectivity index (χ1v) is 6.51. The molecule has 0 saturated carbocycles. The van der Waals surface area contributed by atoms with Crippen molar-refractivity contribution in [3.05, 3.63) is 54.6 Å². The van der Waals surface area contributed by atoms with E-state index >= 15 is 0 Å². The Balaban J connectivity index is 1.92. The average molecular weight is 252 g/mol. The number of nitrogens with two attached hydrogens (primary N) is 1. The summed E-state index contributed by atoms with van der Waals surface area (Å²) in [5.41, 5.74) is 6.55. The molecule has 0 amide bonds. The molecule has 0 radical (unpaired) electrons. The van der Waals surface area contributed by atoms with E-state index in [2.05, 4.69) is 35.3 Å². The number of hydrogen-bond donors (Lipinski definition) is 1. The van der Waals surface area contributed by atoms with Crippen LogP contribution in [0.4, 0.5) is 0 Å². The molecule has 0 atom stereocenters. The Kier molecular flexibility index (Phi) is 3.29. The fourth-order valence-electron chi connectivity index (χ4n) is 2.16. The predicted molar refractivity (Wildman–Crippen MR) is 76.8 cm³/mol. The van der Waals surface area contributed by atoms with Crippen molar-refractivity contribution in [3.8, 4) is 11.3 Å². The van der Waals surface area contributed by atoms with Crippen molar-refractivity contribution in [2.45, 2.75) is 12.8 Å². The van der Waals surface area contributed by atoms with E-state index in [0.29, 0.717) is 6.54 Å². The molecule has 0 saturated heterocycles. The molecule has 3 aromatic rings. The molecule has 0 aliphatic heterocycles. The molecule has 0 unspecified atom stereocenters. The lowest BCUT2D eigenvalue weighted by Crippen LogP contribution is -2.00. The number of oxazole rings is 1. The molecule has 3 rings (SSSR count). The van der Waals surface area contributed by atoms with Gasteiger partial charge in [-0.25, -0.2) is 4.98 Å². The van der Waals surface area contributed by atoms with E-state index in [9.17, 15) is 0 Å². The molecule has 2 N–H and O–H groups in total. The number of fused-ring (bicyclic) bond motifs is 1. The topological polar surface area (TPSA) is 52.0 Å². The number of hydrogen-bond acceptors (Lipinski definition) is 3. The lowest BCUT2D eigenvalue weighted by Gasteiger charge is -2.00. The molecule has 0 spiro atoms. The standard InChI is InChI=1S/C16H16N2O/c17-9-3-6-16-18-11-15(19-16)14-8-7-12-4-1-2-5-13(12)10-14/h1-2,4-5,7-8,10-11H,3,6,9,17H2. The van der Waals surface area contributed by atoms with Crippen molar-refractivity contribution >= 4 is 10.8 Å². The summed E-state index contributed by atoms with van der Waals surface area (Å²) < 4.78 is 5.75. The largest absolute Gasteiger partial charge is 0.441 e. The molecule has 19 heavy (non-hydrogen) atoms. The quantitative estimate of drug-likeness (QED) is 0.774. The van der Waals surface area contributed by atoms with Crippen molar-refractivity contribution in [1.29, 1.82) is 0 Å². The van der Waals surface area contributed by atoms with Crippen molar-refractivity contribution in [3.63, 3.8) is 0 Å². The highest BCUT2D eigenvalue weighted by atomic mass is 16.4. The van der Waals surface area contributed by atoms with Gasteiger partial charge in [0.25, 0.3) is 0 Å². The Bertz CT molecular complexity index is 688. The highest BCUT2D eigenvalue weighted by Crippen LogP contribution is 2.25. The van der Waals surface area contributed by atoms with Crippen LogP contribution in [0.2, 0.25) is 0 Å². The smallest absolute Gasteiger partial charge is 0.194 e. The first-order chi connectivity index (χ1) is 9.36. The highest BCUT2D eigenvalue weighted by Gasteiger charge is 2.06. The molecule has 0 aliphatic carbocycles. The molecule has 96 valence electrons. The van der Waals surface area contributed by atoms with E-state index in [4.69, 9.17) is 10.2 Å². The van der Waals surface area contributed by atoms with Gasteiger partial charge in [-0.2, -0.15) is 0 Å². The maximum absolute atomic E-state index is 5.75. The third-order valence-corrected chi connectivity index (χ3v) is 3.18. The van der Waals surface area contributed by atoms with Crippen LogP contribution in [0.5, 0.6) is 0 Å². The van der Waals surface area contributed by atoms with Crippen LogP contribution in [0.3, 0.4) is 0 Å². The van der Waals surface area contributed by atoms with Gasteiger partial charge in [-0.05, 0) is 29.8 Å². The van der Waals surface area contributed by atoms with Crippen LogP contribution in [-0.2, 0) is 6.42 Å². The monoisotopic (exact) mass is 252 g/mol. The second-order valence-electron chi connectivity index (χ2n) is 4.57. The van der Waals surface area contributed by atoms with Crippen molar-refractivity contribution < 1.29 is 4.42 Å². The van der Waals surface area contributed by atoms with Gasteiger partial charge in [0.05, 0.1) is 6.20 Å². The van der Waals surface area contributed by atoms with E-state index in [1.54, 1.807) is 6.20 Å². The Morgan fingerprint density at radius 2 is 1.89 bits per heavy atom. The van der Waals surface area contributed by atoms with Crippen LogP contribution in [-0.4, -0.2) is 11.5 Å². The van der Waals surface area contributed by atoms with Crippen molar-refractivity contribution in [2.75, 3.05) is 6.54 Å². The fourth-order valence-corrected chi connectivity index (χ4v) is 2.16. The van der Waals surface area contributed by atoms with Crippen LogP contribution >= 0.6 is 0 Å². The molecule has 2 aromatic carbocycles. The summed E-state index contributed by atoms with van der Waals surface area (Å²) >= 11 is 0. The van der Waals surface area contributed by atoms with Crippen LogP contribution in [0, 0.1) is 0 Å². The van der Waals surface area contributed by atoms with Crippen LogP contribution < -0.4 is 5.73 Å². The Morgan fingerprint density at radius 3 is 2.74 bits per heavy atom. The van der Waals surface area contributed by atoms with Crippen molar-refractivity contribution in [1.82, 2.24) is 4.98 Å². The predicted octanol–water partition coefficient (Wildman–Crippen LogP) is 3.39. The normalized spacial score (nSPS) is 11.0. The molecule has 0 fully saturated rings. The third-order valence-electron chi connectivity index (χ3n) is 3.18. The Hall–Kier alpha value is -2.13. The lowest BCUT2D eigenvalue weighted by atomic mass is 10.1. The minimum atomic E-state index is 0.660. The minimum absolute atomic E-state index is 0.660. The van der Waals surface area contributed by atoms with Gasteiger partial charge in [0, 0.05) is 12.0 Å². The van der Waals surface area contributed by atoms with Gasteiger partial charge in [-0.15, -0.1) is 0 Å². The van der Waals surface area contributed by atoms with Gasteiger partial charge >= 0.3 is 0 Å². The summed E-state index contributed by atoms with van der Waals surface area (Å²) in [6.45, 7) is 0.660. The van der Waals surface area contributed by atoms with Crippen molar-refractivity contribution in [2.24, 2.45) is 5.73 Å². The summed E-state index contributed by atoms with van der Waals surface area (Å²) in [6, 6.07) is 14.6. The summed E-state index contributed by atoms with van der Waals surface area (Å²) in [6.07, 6.45) is 3.48. The number of benzene rings is 2. The molecule has 1 aromatic heterocycles. The van der Waals surface area contributed by atoms with Crippen LogP contribution in [0.25, 0.3) is 22.1 Å². The second kappa shape index (κ2) is 5.24.